The number of piperazine rings is 1. The number of hydrogen-bond acceptors (Lipinski definition) is 5. The van der Waals surface area contributed by atoms with Crippen LogP contribution in [-0.2, 0) is 4.74 Å². The number of aromatic nitrogens is 2. The Balaban J connectivity index is 1.39. The Morgan fingerprint density at radius 3 is 2.57 bits per heavy atom. The molecule has 0 atom stereocenters. The first kappa shape index (κ1) is 16.0. The molecule has 0 unspecified atom stereocenters. The van der Waals surface area contributed by atoms with Crippen molar-refractivity contribution >= 4 is 11.9 Å². The summed E-state index contributed by atoms with van der Waals surface area (Å²) in [6.07, 6.45) is 8.98. The van der Waals surface area contributed by atoms with E-state index in [0.29, 0.717) is 25.2 Å². The van der Waals surface area contributed by atoms with Crippen molar-refractivity contribution in [1.82, 2.24) is 14.9 Å². The van der Waals surface area contributed by atoms with Crippen molar-refractivity contribution in [3.05, 3.63) is 18.5 Å². The van der Waals surface area contributed by atoms with Gasteiger partial charge in [0, 0.05) is 38.6 Å². The van der Waals surface area contributed by atoms with Crippen LogP contribution >= 0.6 is 0 Å². The van der Waals surface area contributed by atoms with Gasteiger partial charge in [0.05, 0.1) is 19.3 Å². The zero-order valence-electron chi connectivity index (χ0n) is 13.6. The summed E-state index contributed by atoms with van der Waals surface area (Å²) in [6.45, 7) is 4.72. The molecule has 0 bridgehead atoms. The molecule has 2 fully saturated rings. The van der Waals surface area contributed by atoms with E-state index in [2.05, 4.69) is 24.8 Å². The zero-order valence-corrected chi connectivity index (χ0v) is 13.6. The molecule has 1 aromatic heterocycles. The van der Waals surface area contributed by atoms with Crippen LogP contribution in [0.15, 0.2) is 23.5 Å². The Kier molecular flexibility index (Phi) is 5.63. The second-order valence-corrected chi connectivity index (χ2v) is 6.04. The van der Waals surface area contributed by atoms with Crippen molar-refractivity contribution < 1.29 is 4.74 Å². The number of ether oxygens (including phenoxy) is 1. The summed E-state index contributed by atoms with van der Waals surface area (Å²) in [4.78, 5) is 17.3. The van der Waals surface area contributed by atoms with Gasteiger partial charge >= 0.3 is 0 Å². The quantitative estimate of drug-likeness (QED) is 0.493. The van der Waals surface area contributed by atoms with Crippen LogP contribution in [-0.4, -0.2) is 66.3 Å². The zero-order chi connectivity index (χ0) is 15.9. The highest BCUT2D eigenvalue weighted by Gasteiger charge is 2.20. The van der Waals surface area contributed by atoms with Gasteiger partial charge in [-0.25, -0.2) is 9.97 Å². The Labute approximate surface area is 137 Å². The molecule has 1 saturated heterocycles. The molecule has 7 nitrogen and oxygen atoms in total. The summed E-state index contributed by atoms with van der Waals surface area (Å²) in [5, 5.41) is 0. The van der Waals surface area contributed by atoms with Gasteiger partial charge in [0.15, 0.2) is 5.96 Å². The average Bonchev–Trinajstić information content (AvgIpc) is 3.13. The third-order valence-electron chi connectivity index (χ3n) is 4.46. The molecule has 1 aromatic rings. The molecule has 3 rings (SSSR count). The molecule has 2 heterocycles. The summed E-state index contributed by atoms with van der Waals surface area (Å²) in [6, 6.07) is 1.83. The Bertz CT molecular complexity index is 495. The molecule has 0 amide bonds. The van der Waals surface area contributed by atoms with Crippen molar-refractivity contribution in [2.75, 3.05) is 44.2 Å². The van der Waals surface area contributed by atoms with Crippen molar-refractivity contribution in [3.63, 3.8) is 0 Å². The Morgan fingerprint density at radius 2 is 1.87 bits per heavy atom. The molecule has 0 aromatic carbocycles. The minimum atomic E-state index is 0.445. The van der Waals surface area contributed by atoms with E-state index in [1.807, 2.05) is 6.07 Å². The van der Waals surface area contributed by atoms with Gasteiger partial charge in [0.25, 0.3) is 0 Å². The lowest BCUT2D eigenvalue weighted by Gasteiger charge is -2.35. The first-order valence-corrected chi connectivity index (χ1v) is 8.51. The van der Waals surface area contributed by atoms with Crippen LogP contribution in [0.4, 0.5) is 5.95 Å². The smallest absolute Gasteiger partial charge is 0.225 e. The van der Waals surface area contributed by atoms with Gasteiger partial charge in [0.1, 0.15) is 0 Å². The van der Waals surface area contributed by atoms with Crippen LogP contribution in [0.25, 0.3) is 0 Å². The number of nitrogens with zero attached hydrogens (tertiary/aromatic N) is 5. The number of rotatable bonds is 5. The fourth-order valence-corrected chi connectivity index (χ4v) is 3.12. The van der Waals surface area contributed by atoms with E-state index in [0.717, 1.165) is 32.1 Å². The van der Waals surface area contributed by atoms with Gasteiger partial charge in [-0.3, -0.25) is 4.99 Å². The molecule has 1 aliphatic carbocycles. The largest absolute Gasteiger partial charge is 0.376 e. The van der Waals surface area contributed by atoms with Crippen molar-refractivity contribution in [2.24, 2.45) is 10.7 Å². The van der Waals surface area contributed by atoms with Gasteiger partial charge < -0.3 is 20.3 Å². The maximum absolute atomic E-state index is 6.10. The first-order chi connectivity index (χ1) is 11.3. The first-order valence-electron chi connectivity index (χ1n) is 8.51. The molecule has 2 N–H and O–H groups in total. The van der Waals surface area contributed by atoms with E-state index in [9.17, 15) is 0 Å². The minimum Gasteiger partial charge on any atom is -0.376 e. The number of hydrogen-bond donors (Lipinski definition) is 1. The molecule has 0 radical (unpaired) electrons. The average molecular weight is 318 g/mol. The van der Waals surface area contributed by atoms with Crippen molar-refractivity contribution in [3.8, 4) is 0 Å². The lowest BCUT2D eigenvalue weighted by Crippen LogP contribution is -2.51. The molecule has 0 spiro atoms. The summed E-state index contributed by atoms with van der Waals surface area (Å²) in [5.74, 6) is 1.40. The van der Waals surface area contributed by atoms with Gasteiger partial charge in [-0.2, -0.15) is 0 Å². The second kappa shape index (κ2) is 8.10. The number of anilines is 1. The monoisotopic (exact) mass is 318 g/mol. The predicted molar refractivity (Wildman–Crippen MR) is 90.5 cm³/mol. The summed E-state index contributed by atoms with van der Waals surface area (Å²) >= 11 is 0. The van der Waals surface area contributed by atoms with Crippen LogP contribution < -0.4 is 10.6 Å². The topological polar surface area (TPSA) is 79.9 Å². The van der Waals surface area contributed by atoms with E-state index in [4.69, 9.17) is 10.5 Å². The van der Waals surface area contributed by atoms with Gasteiger partial charge in [-0.15, -0.1) is 0 Å². The third kappa shape index (κ3) is 4.54. The molecule has 23 heavy (non-hydrogen) atoms. The number of guanidine groups is 1. The van der Waals surface area contributed by atoms with E-state index < -0.39 is 0 Å². The number of nitrogens with two attached hydrogens (primary N) is 1. The van der Waals surface area contributed by atoms with E-state index in [1.54, 1.807) is 12.4 Å². The van der Waals surface area contributed by atoms with E-state index >= 15 is 0 Å². The fourth-order valence-electron chi connectivity index (χ4n) is 3.12. The second-order valence-electron chi connectivity index (χ2n) is 6.04. The van der Waals surface area contributed by atoms with Gasteiger partial charge in [0.2, 0.25) is 5.95 Å². The lowest BCUT2D eigenvalue weighted by molar-refractivity contribution is 0.0642. The van der Waals surface area contributed by atoms with Crippen LogP contribution in [0.2, 0.25) is 0 Å². The van der Waals surface area contributed by atoms with Crippen LogP contribution in [0, 0.1) is 0 Å². The highest BCUT2D eigenvalue weighted by molar-refractivity contribution is 5.78. The molecular formula is C16H26N6O. The highest BCUT2D eigenvalue weighted by atomic mass is 16.5. The molecule has 2 aliphatic rings. The molecule has 1 aliphatic heterocycles. The summed E-state index contributed by atoms with van der Waals surface area (Å²) < 4.78 is 5.81. The Hall–Kier alpha value is -1.89. The Morgan fingerprint density at radius 1 is 1.17 bits per heavy atom. The lowest BCUT2D eigenvalue weighted by atomic mass is 10.3. The van der Waals surface area contributed by atoms with E-state index in [-0.39, 0.29) is 0 Å². The normalized spacial score (nSPS) is 20.3. The standard InChI is InChI=1S/C16H26N6O/c17-15(18-8-13-23-14-4-1-2-5-14)21-9-11-22(12-10-21)16-19-6-3-7-20-16/h3,6-7,14H,1-2,4-5,8-13H2,(H2,17,18). The van der Waals surface area contributed by atoms with Crippen LogP contribution in [0.5, 0.6) is 0 Å². The molecular weight excluding hydrogens is 292 g/mol. The highest BCUT2D eigenvalue weighted by Crippen LogP contribution is 2.20. The SMILES string of the molecule is NC(=NCCOC1CCCC1)N1CCN(c2ncccn2)CC1. The van der Waals surface area contributed by atoms with Crippen LogP contribution in [0.3, 0.4) is 0 Å². The number of aliphatic imine (C=N–C) groups is 1. The van der Waals surface area contributed by atoms with Gasteiger partial charge in [-0.1, -0.05) is 12.8 Å². The third-order valence-corrected chi connectivity index (χ3v) is 4.46. The van der Waals surface area contributed by atoms with Gasteiger partial charge in [-0.05, 0) is 18.9 Å². The van der Waals surface area contributed by atoms with Crippen LogP contribution in [0.1, 0.15) is 25.7 Å². The fraction of sp³-hybridized carbons (Fsp3) is 0.688. The van der Waals surface area contributed by atoms with Crippen molar-refractivity contribution in [2.45, 2.75) is 31.8 Å². The van der Waals surface area contributed by atoms with Crippen molar-refractivity contribution in [1.29, 1.82) is 0 Å². The molecule has 7 heteroatoms. The summed E-state index contributed by atoms with van der Waals surface area (Å²) in [5.41, 5.74) is 6.10. The van der Waals surface area contributed by atoms with E-state index in [1.165, 1.54) is 25.7 Å². The molecule has 126 valence electrons. The maximum atomic E-state index is 6.10. The predicted octanol–water partition coefficient (Wildman–Crippen LogP) is 0.872. The summed E-state index contributed by atoms with van der Waals surface area (Å²) in [7, 11) is 0. The molecule has 1 saturated carbocycles. The maximum Gasteiger partial charge on any atom is 0.225 e. The minimum absolute atomic E-state index is 0.445.